The lowest BCUT2D eigenvalue weighted by Gasteiger charge is -2.28. The van der Waals surface area contributed by atoms with Crippen molar-refractivity contribution in [1.29, 1.82) is 0 Å². The van der Waals surface area contributed by atoms with E-state index < -0.39 is 0 Å². The van der Waals surface area contributed by atoms with Crippen LogP contribution in [0.2, 0.25) is 0 Å². The first-order valence-corrected chi connectivity index (χ1v) is 5.41. The molecule has 1 rings (SSSR count). The molecule has 0 amide bonds. The van der Waals surface area contributed by atoms with Gasteiger partial charge in [0.15, 0.2) is 0 Å². The Hall–Kier alpha value is -0.0400. The van der Waals surface area contributed by atoms with Gasteiger partial charge in [0.1, 0.15) is 0 Å². The van der Waals surface area contributed by atoms with E-state index in [1.807, 2.05) is 0 Å². The lowest BCUT2D eigenvalue weighted by molar-refractivity contribution is 0.266. The Morgan fingerprint density at radius 1 is 1.00 bits per heavy atom. The molecule has 1 nitrogen and oxygen atoms in total. The Labute approximate surface area is 76.9 Å². The van der Waals surface area contributed by atoms with Gasteiger partial charge in [0.25, 0.3) is 0 Å². The Morgan fingerprint density at radius 3 is 2.33 bits per heavy atom. The fourth-order valence-corrected chi connectivity index (χ4v) is 2.20. The molecule has 1 aliphatic carbocycles. The third kappa shape index (κ3) is 2.78. The van der Waals surface area contributed by atoms with Crippen molar-refractivity contribution in [1.82, 2.24) is 5.32 Å². The van der Waals surface area contributed by atoms with Gasteiger partial charge in [0, 0.05) is 6.04 Å². The molecule has 0 bridgehead atoms. The minimum absolute atomic E-state index is 0.780. The van der Waals surface area contributed by atoms with E-state index in [1.54, 1.807) is 0 Å². The van der Waals surface area contributed by atoms with Crippen LogP contribution in [-0.2, 0) is 0 Å². The Morgan fingerprint density at radius 2 is 1.67 bits per heavy atom. The molecule has 0 radical (unpaired) electrons. The zero-order valence-electron chi connectivity index (χ0n) is 8.77. The molecule has 1 unspecified atom stereocenters. The van der Waals surface area contributed by atoms with Gasteiger partial charge in [0.2, 0.25) is 0 Å². The molecule has 0 aromatic rings. The van der Waals surface area contributed by atoms with Crippen molar-refractivity contribution in [3.8, 4) is 0 Å². The average Bonchev–Trinajstić information content (AvgIpc) is 2.06. The molecule has 12 heavy (non-hydrogen) atoms. The fourth-order valence-electron chi connectivity index (χ4n) is 2.20. The largest absolute Gasteiger partial charge is 0.317 e. The van der Waals surface area contributed by atoms with Crippen molar-refractivity contribution in [3.63, 3.8) is 0 Å². The van der Waals surface area contributed by atoms with Gasteiger partial charge in [-0.05, 0) is 31.7 Å². The lowest BCUT2D eigenvalue weighted by atomic mass is 9.82. The summed E-state index contributed by atoms with van der Waals surface area (Å²) in [5, 5.41) is 3.42. The van der Waals surface area contributed by atoms with E-state index in [9.17, 15) is 0 Å². The molecule has 0 heterocycles. The van der Waals surface area contributed by atoms with E-state index in [0.29, 0.717) is 0 Å². The minimum Gasteiger partial charge on any atom is -0.317 e. The molecule has 3 atom stereocenters. The fraction of sp³-hybridized carbons (Fsp3) is 1.00. The summed E-state index contributed by atoms with van der Waals surface area (Å²) in [6.45, 7) is 4.81. The molecule has 1 fully saturated rings. The molecular weight excluding hydrogens is 146 g/mol. The predicted octanol–water partition coefficient (Wildman–Crippen LogP) is 2.81. The maximum absolute atomic E-state index is 3.42. The van der Waals surface area contributed by atoms with Crippen molar-refractivity contribution in [2.24, 2.45) is 11.8 Å². The van der Waals surface area contributed by atoms with Crippen molar-refractivity contribution in [2.75, 3.05) is 7.05 Å². The predicted molar refractivity (Wildman–Crippen MR) is 54.3 cm³/mol. The van der Waals surface area contributed by atoms with Gasteiger partial charge in [0.05, 0.1) is 0 Å². The molecule has 0 aliphatic heterocycles. The SMILES string of the molecule is CN[C@@H]1CCCCC(C)[C@@H](C)C1. The molecule has 0 saturated heterocycles. The summed E-state index contributed by atoms with van der Waals surface area (Å²) < 4.78 is 0. The summed E-state index contributed by atoms with van der Waals surface area (Å²) >= 11 is 0. The van der Waals surface area contributed by atoms with Crippen LogP contribution in [-0.4, -0.2) is 13.1 Å². The molecule has 1 N–H and O–H groups in total. The van der Waals surface area contributed by atoms with Crippen LogP contribution < -0.4 is 5.32 Å². The van der Waals surface area contributed by atoms with Gasteiger partial charge in [-0.3, -0.25) is 0 Å². The highest BCUT2D eigenvalue weighted by molar-refractivity contribution is 4.74. The molecule has 0 aromatic carbocycles. The van der Waals surface area contributed by atoms with E-state index >= 15 is 0 Å². The van der Waals surface area contributed by atoms with E-state index in [-0.39, 0.29) is 0 Å². The zero-order valence-corrected chi connectivity index (χ0v) is 8.77. The van der Waals surface area contributed by atoms with Crippen LogP contribution in [0.5, 0.6) is 0 Å². The van der Waals surface area contributed by atoms with Crippen molar-refractivity contribution >= 4 is 0 Å². The lowest BCUT2D eigenvalue weighted by Crippen LogP contribution is -2.30. The maximum atomic E-state index is 3.42. The molecule has 72 valence electrons. The molecule has 0 spiro atoms. The summed E-state index contributed by atoms with van der Waals surface area (Å²) in [6.07, 6.45) is 7.05. The highest BCUT2D eigenvalue weighted by Crippen LogP contribution is 2.26. The van der Waals surface area contributed by atoms with Crippen molar-refractivity contribution < 1.29 is 0 Å². The first kappa shape index (κ1) is 10.0. The van der Waals surface area contributed by atoms with Gasteiger partial charge < -0.3 is 5.32 Å². The summed E-state index contributed by atoms with van der Waals surface area (Å²) in [5.74, 6) is 1.84. The standard InChI is InChI=1S/C11H23N/c1-9-6-4-5-7-11(12-3)8-10(9)2/h9-12H,4-8H2,1-3H3/t9?,10-,11+/m0/s1. The number of hydrogen-bond acceptors (Lipinski definition) is 1. The quantitative estimate of drug-likeness (QED) is 0.636. The van der Waals surface area contributed by atoms with E-state index in [0.717, 1.165) is 17.9 Å². The van der Waals surface area contributed by atoms with Crippen LogP contribution in [0, 0.1) is 11.8 Å². The van der Waals surface area contributed by atoms with Crippen LogP contribution in [0.4, 0.5) is 0 Å². The second-order valence-corrected chi connectivity index (χ2v) is 4.46. The summed E-state index contributed by atoms with van der Waals surface area (Å²) in [7, 11) is 2.10. The number of rotatable bonds is 1. The Kier molecular flexibility index (Phi) is 4.07. The molecular formula is C11H23N. The smallest absolute Gasteiger partial charge is 0.00667 e. The Balaban J connectivity index is 2.40. The van der Waals surface area contributed by atoms with Crippen LogP contribution in [0.25, 0.3) is 0 Å². The highest BCUT2D eigenvalue weighted by Gasteiger charge is 2.19. The monoisotopic (exact) mass is 169 g/mol. The van der Waals surface area contributed by atoms with Gasteiger partial charge >= 0.3 is 0 Å². The first-order valence-electron chi connectivity index (χ1n) is 5.41. The van der Waals surface area contributed by atoms with E-state index in [1.165, 1.54) is 32.1 Å². The molecule has 1 saturated carbocycles. The normalized spacial score (nSPS) is 38.8. The van der Waals surface area contributed by atoms with E-state index in [2.05, 4.69) is 26.2 Å². The third-order valence-electron chi connectivity index (χ3n) is 3.50. The van der Waals surface area contributed by atoms with Gasteiger partial charge in [-0.1, -0.05) is 33.1 Å². The van der Waals surface area contributed by atoms with Crippen LogP contribution in [0.15, 0.2) is 0 Å². The van der Waals surface area contributed by atoms with Crippen LogP contribution in [0.1, 0.15) is 46.0 Å². The van der Waals surface area contributed by atoms with Crippen LogP contribution >= 0.6 is 0 Å². The molecule has 0 aromatic heterocycles. The maximum Gasteiger partial charge on any atom is 0.00667 e. The second-order valence-electron chi connectivity index (χ2n) is 4.46. The number of nitrogens with one attached hydrogen (secondary N) is 1. The van der Waals surface area contributed by atoms with Gasteiger partial charge in [-0.2, -0.15) is 0 Å². The summed E-state index contributed by atoms with van der Waals surface area (Å²) in [5.41, 5.74) is 0. The third-order valence-corrected chi connectivity index (χ3v) is 3.50. The highest BCUT2D eigenvalue weighted by atomic mass is 14.9. The minimum atomic E-state index is 0.780. The average molecular weight is 169 g/mol. The van der Waals surface area contributed by atoms with Crippen LogP contribution in [0.3, 0.4) is 0 Å². The molecule has 1 heteroatoms. The summed E-state index contributed by atoms with van der Waals surface area (Å²) in [4.78, 5) is 0. The summed E-state index contributed by atoms with van der Waals surface area (Å²) in [6, 6.07) is 0.780. The molecule has 1 aliphatic rings. The van der Waals surface area contributed by atoms with E-state index in [4.69, 9.17) is 0 Å². The van der Waals surface area contributed by atoms with Crippen molar-refractivity contribution in [2.45, 2.75) is 52.0 Å². The zero-order chi connectivity index (χ0) is 8.97. The Bertz CT molecular complexity index is 122. The number of hydrogen-bond donors (Lipinski definition) is 1. The van der Waals surface area contributed by atoms with Crippen molar-refractivity contribution in [3.05, 3.63) is 0 Å². The van der Waals surface area contributed by atoms with Gasteiger partial charge in [-0.15, -0.1) is 0 Å². The van der Waals surface area contributed by atoms with Gasteiger partial charge in [-0.25, -0.2) is 0 Å². The topological polar surface area (TPSA) is 12.0 Å². The second kappa shape index (κ2) is 4.86. The first-order chi connectivity index (χ1) is 5.74.